The highest BCUT2D eigenvalue weighted by atomic mass is 19.1. The van der Waals surface area contributed by atoms with Crippen LogP contribution >= 0.6 is 0 Å². The van der Waals surface area contributed by atoms with Gasteiger partial charge >= 0.3 is 6.09 Å². The van der Waals surface area contributed by atoms with Gasteiger partial charge < -0.3 is 24.2 Å². The van der Waals surface area contributed by atoms with E-state index < -0.39 is 11.4 Å². The highest BCUT2D eigenvalue weighted by Crippen LogP contribution is 2.41. The van der Waals surface area contributed by atoms with Gasteiger partial charge in [-0.1, -0.05) is 0 Å². The van der Waals surface area contributed by atoms with Crippen molar-refractivity contribution in [2.45, 2.75) is 52.2 Å². The molecule has 1 aromatic heterocycles. The third-order valence-electron chi connectivity index (χ3n) is 5.64. The summed E-state index contributed by atoms with van der Waals surface area (Å²) in [5.74, 6) is -0.641. The fourth-order valence-corrected chi connectivity index (χ4v) is 4.16. The fourth-order valence-electron chi connectivity index (χ4n) is 4.16. The second-order valence-electron chi connectivity index (χ2n) is 9.15. The van der Waals surface area contributed by atoms with Crippen molar-refractivity contribution in [2.75, 3.05) is 31.1 Å². The number of fused-ring (bicyclic) bond motifs is 1. The van der Waals surface area contributed by atoms with Crippen molar-refractivity contribution in [1.82, 2.24) is 9.47 Å². The van der Waals surface area contributed by atoms with Gasteiger partial charge in [0.2, 0.25) is 0 Å². The summed E-state index contributed by atoms with van der Waals surface area (Å²) in [7, 11) is 0. The van der Waals surface area contributed by atoms with Crippen molar-refractivity contribution in [3.05, 3.63) is 33.9 Å². The van der Waals surface area contributed by atoms with Gasteiger partial charge in [-0.2, -0.15) is 0 Å². The van der Waals surface area contributed by atoms with Crippen molar-refractivity contribution in [2.24, 2.45) is 0 Å². The van der Waals surface area contributed by atoms with Crippen LogP contribution in [0.25, 0.3) is 10.9 Å². The van der Waals surface area contributed by atoms with E-state index in [2.05, 4.69) is 0 Å². The summed E-state index contributed by atoms with van der Waals surface area (Å²) < 4.78 is 22.2. The largest absolute Gasteiger partial charge is 0.507 e. The van der Waals surface area contributed by atoms with Crippen LogP contribution in [0.5, 0.6) is 5.75 Å². The van der Waals surface area contributed by atoms with Gasteiger partial charge in [-0.05, 0) is 52.2 Å². The highest BCUT2D eigenvalue weighted by Gasteiger charge is 2.31. The van der Waals surface area contributed by atoms with Crippen molar-refractivity contribution >= 4 is 22.7 Å². The first-order valence-electron chi connectivity index (χ1n) is 10.4. The van der Waals surface area contributed by atoms with Gasteiger partial charge in [0.05, 0.1) is 11.2 Å². The lowest BCUT2D eigenvalue weighted by Crippen LogP contribution is -2.50. The lowest BCUT2D eigenvalue weighted by atomic mass is 10.0. The van der Waals surface area contributed by atoms with E-state index in [1.165, 1.54) is 12.1 Å². The van der Waals surface area contributed by atoms with E-state index in [-0.39, 0.29) is 23.4 Å². The van der Waals surface area contributed by atoms with Crippen LogP contribution < -0.4 is 10.5 Å². The van der Waals surface area contributed by atoms with Gasteiger partial charge in [-0.15, -0.1) is 0 Å². The van der Waals surface area contributed by atoms with Crippen LogP contribution in [-0.2, 0) is 4.74 Å². The summed E-state index contributed by atoms with van der Waals surface area (Å²) in [6, 6.07) is 2.58. The van der Waals surface area contributed by atoms with Crippen LogP contribution in [0.3, 0.4) is 0 Å². The molecule has 1 amide bonds. The Morgan fingerprint density at radius 1 is 1.17 bits per heavy atom. The average Bonchev–Trinajstić information content (AvgIpc) is 3.47. The molecule has 0 spiro atoms. The lowest BCUT2D eigenvalue weighted by molar-refractivity contribution is 0.0240. The number of hydrogen-bond acceptors (Lipinski definition) is 5. The van der Waals surface area contributed by atoms with Gasteiger partial charge in [0.25, 0.3) is 5.56 Å². The van der Waals surface area contributed by atoms with Crippen LogP contribution in [0.1, 0.15) is 45.2 Å². The summed E-state index contributed by atoms with van der Waals surface area (Å²) in [5.41, 5.74) is 0.816. The van der Waals surface area contributed by atoms with E-state index in [1.54, 1.807) is 16.4 Å². The molecule has 8 heteroatoms. The Balaban J connectivity index is 1.67. The topological polar surface area (TPSA) is 75.0 Å². The zero-order valence-electron chi connectivity index (χ0n) is 17.9. The first-order chi connectivity index (χ1) is 14.1. The smallest absolute Gasteiger partial charge is 0.410 e. The second-order valence-corrected chi connectivity index (χ2v) is 9.15. The molecule has 30 heavy (non-hydrogen) atoms. The minimum absolute atomic E-state index is 0.0987. The minimum Gasteiger partial charge on any atom is -0.507 e. The van der Waals surface area contributed by atoms with Crippen molar-refractivity contribution in [3.63, 3.8) is 0 Å². The van der Waals surface area contributed by atoms with Crippen LogP contribution in [0.15, 0.2) is 16.9 Å². The first kappa shape index (κ1) is 20.5. The Bertz CT molecular complexity index is 1060. The number of benzene rings is 1. The maximum atomic E-state index is 15.1. The minimum atomic E-state index is -0.566. The molecule has 7 nitrogen and oxygen atoms in total. The summed E-state index contributed by atoms with van der Waals surface area (Å²) in [4.78, 5) is 28.4. The maximum Gasteiger partial charge on any atom is 0.410 e. The van der Waals surface area contributed by atoms with E-state index in [4.69, 9.17) is 4.74 Å². The van der Waals surface area contributed by atoms with Gasteiger partial charge in [0, 0.05) is 43.7 Å². The monoisotopic (exact) mass is 417 g/mol. The molecule has 0 atom stereocenters. The van der Waals surface area contributed by atoms with E-state index in [9.17, 15) is 14.7 Å². The molecule has 162 valence electrons. The van der Waals surface area contributed by atoms with E-state index in [0.29, 0.717) is 48.3 Å². The van der Waals surface area contributed by atoms with Crippen molar-refractivity contribution < 1.29 is 19.0 Å². The van der Waals surface area contributed by atoms with Gasteiger partial charge in [0.15, 0.2) is 0 Å². The van der Waals surface area contributed by atoms with Crippen LogP contribution in [0.4, 0.5) is 14.9 Å². The Morgan fingerprint density at radius 3 is 2.37 bits per heavy atom. The third kappa shape index (κ3) is 3.70. The number of ether oxygens (including phenoxy) is 1. The predicted octanol–water partition coefficient (Wildman–Crippen LogP) is 3.55. The number of nitrogens with zero attached hydrogens (tertiary/aromatic N) is 3. The standard InChI is InChI=1S/C22H28FN3O4/c1-13-19-15(17(27)12-18(28)26(19)14-5-6-14)11-16(23)20(13)24-7-9-25(10-8-24)21(29)30-22(2,3)4/h11-12,14,27H,5-10H2,1-4H3. The zero-order chi connectivity index (χ0) is 21.8. The van der Waals surface area contributed by atoms with E-state index >= 15 is 4.39 Å². The molecule has 0 radical (unpaired) electrons. The quantitative estimate of drug-likeness (QED) is 0.809. The molecular weight excluding hydrogens is 389 g/mol. The molecule has 1 aliphatic carbocycles. The summed E-state index contributed by atoms with van der Waals surface area (Å²) >= 11 is 0. The lowest BCUT2D eigenvalue weighted by Gasteiger charge is -2.37. The molecule has 0 unspecified atom stereocenters. The molecule has 0 bridgehead atoms. The third-order valence-corrected chi connectivity index (χ3v) is 5.64. The summed E-state index contributed by atoms with van der Waals surface area (Å²) in [5, 5.41) is 10.6. The molecule has 2 heterocycles. The van der Waals surface area contributed by atoms with Gasteiger partial charge in [0.1, 0.15) is 17.2 Å². The summed E-state index contributed by atoms with van der Waals surface area (Å²) in [6.07, 6.45) is 1.44. The summed E-state index contributed by atoms with van der Waals surface area (Å²) in [6.45, 7) is 9.00. The number of amides is 1. The van der Waals surface area contributed by atoms with E-state index in [1.807, 2.05) is 25.7 Å². The number of rotatable bonds is 2. The van der Waals surface area contributed by atoms with Crippen molar-refractivity contribution in [1.29, 1.82) is 0 Å². The molecule has 2 aromatic rings. The number of carbonyl (C=O) groups excluding carboxylic acids is 1. The predicted molar refractivity (Wildman–Crippen MR) is 113 cm³/mol. The molecule has 1 N–H and O–H groups in total. The number of piperazine rings is 1. The van der Waals surface area contributed by atoms with Gasteiger partial charge in [-0.25, -0.2) is 9.18 Å². The molecular formula is C22H28FN3O4. The van der Waals surface area contributed by atoms with Gasteiger partial charge in [-0.3, -0.25) is 4.79 Å². The Morgan fingerprint density at radius 2 is 1.80 bits per heavy atom. The number of halogens is 1. The number of aromatic nitrogens is 1. The van der Waals surface area contributed by atoms with Crippen LogP contribution in [0, 0.1) is 12.7 Å². The molecule has 2 fully saturated rings. The zero-order valence-corrected chi connectivity index (χ0v) is 17.9. The fraction of sp³-hybridized carbons (Fsp3) is 0.545. The normalized spacial score (nSPS) is 17.5. The number of pyridine rings is 1. The van der Waals surface area contributed by atoms with Crippen LogP contribution in [0.2, 0.25) is 0 Å². The number of hydrogen-bond donors (Lipinski definition) is 1. The van der Waals surface area contributed by atoms with E-state index in [0.717, 1.165) is 12.8 Å². The number of anilines is 1. The van der Waals surface area contributed by atoms with Crippen LogP contribution in [-0.4, -0.2) is 52.4 Å². The Kier molecular flexibility index (Phi) is 4.91. The molecule has 2 aliphatic rings. The Hall–Kier alpha value is -2.77. The average molecular weight is 417 g/mol. The second kappa shape index (κ2) is 7.18. The molecule has 1 aliphatic heterocycles. The molecule has 4 rings (SSSR count). The first-order valence-corrected chi connectivity index (χ1v) is 10.4. The molecule has 1 saturated carbocycles. The molecule has 1 saturated heterocycles. The molecule has 1 aromatic carbocycles. The number of carbonyl (C=O) groups is 1. The van der Waals surface area contributed by atoms with Crippen molar-refractivity contribution in [3.8, 4) is 5.75 Å². The maximum absolute atomic E-state index is 15.1. The number of aryl methyl sites for hydroxylation is 1. The Labute approximate surface area is 174 Å². The SMILES string of the molecule is Cc1c(N2CCN(C(=O)OC(C)(C)C)CC2)c(F)cc2c(O)cc(=O)n(C3CC3)c12. The number of aromatic hydroxyl groups is 1. The highest BCUT2D eigenvalue weighted by molar-refractivity contribution is 5.92.